The van der Waals surface area contributed by atoms with Crippen LogP contribution in [-0.4, -0.2) is 119 Å². The second kappa shape index (κ2) is 28.2. The molecular formula is C44H58B2Br2O9S3. The zero-order chi connectivity index (χ0) is 44.2. The zero-order valence-electron chi connectivity index (χ0n) is 34.2. The van der Waals surface area contributed by atoms with E-state index in [0.717, 1.165) is 21.8 Å². The summed E-state index contributed by atoms with van der Waals surface area (Å²) in [6.07, 6.45) is 18.8. The summed E-state index contributed by atoms with van der Waals surface area (Å²) in [6, 6.07) is 4.21. The number of rotatable bonds is 24. The monoisotopic (exact) mass is 1010 g/mol. The van der Waals surface area contributed by atoms with E-state index >= 15 is 0 Å². The van der Waals surface area contributed by atoms with Crippen LogP contribution in [-0.2, 0) is 27.2 Å². The molecule has 2 aliphatic carbocycles. The number of halogens is 2. The third-order valence-corrected chi connectivity index (χ3v) is 16.1. The van der Waals surface area contributed by atoms with Crippen molar-refractivity contribution in [1.82, 2.24) is 0 Å². The molecule has 60 heavy (non-hydrogen) atoms. The van der Waals surface area contributed by atoms with Gasteiger partial charge in [-0.1, -0.05) is 0 Å². The van der Waals surface area contributed by atoms with E-state index in [9.17, 15) is 30.0 Å². The Bertz CT molecular complexity index is 1610. The van der Waals surface area contributed by atoms with Gasteiger partial charge in [0.2, 0.25) is 0 Å². The summed E-state index contributed by atoms with van der Waals surface area (Å²) in [5.74, 6) is 2.49. The number of thiophene rings is 2. The first kappa shape index (κ1) is 52.6. The van der Waals surface area contributed by atoms with Gasteiger partial charge in [-0.2, -0.15) is 0 Å². The van der Waals surface area contributed by atoms with Gasteiger partial charge in [0.05, 0.1) is 0 Å². The van der Waals surface area contributed by atoms with Gasteiger partial charge in [-0.3, -0.25) is 0 Å². The fourth-order valence-electron chi connectivity index (χ4n) is 7.62. The van der Waals surface area contributed by atoms with E-state index in [-0.39, 0.29) is 54.5 Å². The summed E-state index contributed by atoms with van der Waals surface area (Å²) in [6.45, 7) is 4.03. The van der Waals surface area contributed by atoms with Crippen LogP contribution < -0.4 is 0 Å². The topological polar surface area (TPSA) is 165 Å². The second-order valence-electron chi connectivity index (χ2n) is 15.2. The molecule has 16 heteroatoms. The Morgan fingerprint density at radius 3 is 1.67 bits per heavy atom. The van der Waals surface area contributed by atoms with Crippen molar-refractivity contribution in [1.29, 1.82) is 0 Å². The molecule has 326 valence electrons. The van der Waals surface area contributed by atoms with Gasteiger partial charge in [-0.05, 0) is 0 Å². The number of aryl methyl sites for hydroxylation is 4. The maximum absolute atomic E-state index is 10.5. The van der Waals surface area contributed by atoms with E-state index in [0.29, 0.717) is 44.3 Å². The number of aliphatic carboxylic acids is 2. The van der Waals surface area contributed by atoms with Gasteiger partial charge in [0, 0.05) is 0 Å². The van der Waals surface area contributed by atoms with Crippen molar-refractivity contribution >= 4 is 105 Å². The van der Waals surface area contributed by atoms with Gasteiger partial charge in [0.1, 0.15) is 0 Å². The molecule has 2 aromatic heterocycles. The Labute approximate surface area is 386 Å². The number of allylic oxidation sites excluding steroid dienone is 4. The quantitative estimate of drug-likeness (QED) is 0.0357. The Morgan fingerprint density at radius 2 is 1.27 bits per heavy atom. The van der Waals surface area contributed by atoms with E-state index in [1.165, 1.54) is 31.3 Å². The van der Waals surface area contributed by atoms with Crippen LogP contribution in [0, 0.1) is 49.4 Å². The van der Waals surface area contributed by atoms with Crippen molar-refractivity contribution in [2.75, 3.05) is 24.7 Å². The van der Waals surface area contributed by atoms with Crippen LogP contribution in [0.2, 0.25) is 0 Å². The standard InChI is InChI=1S/C22H29BBrO5S.C22H29BBrO4S2/c2*1-14-20(24)11-17(30-14)7-5-16(25)6-8-18-15(12-23)10-21(26)19(18)4-2-3-9-29-13-22(27)28/h2*2-3,6,8,11-12,15-16,18-19,21,25-26H,4-5,7,9-10,13H2,1H3,(H,27,28)/b2*3-2-,8-6+/t2*15-,16-,18-,19+,21?/m00/s1. The first-order valence-corrected chi connectivity index (χ1v) is 24.6. The van der Waals surface area contributed by atoms with Gasteiger partial charge in [-0.25, -0.2) is 0 Å². The fraction of sp³-hybridized carbons (Fsp3) is 0.545. The number of carbonyl (C=O) groups is 2. The number of carboxylic acid groups (broad SMARTS) is 2. The summed E-state index contributed by atoms with van der Waals surface area (Å²) < 4.78 is 7.21. The van der Waals surface area contributed by atoms with E-state index in [2.05, 4.69) is 57.8 Å². The first-order valence-electron chi connectivity index (χ1n) is 20.2. The van der Waals surface area contributed by atoms with Gasteiger partial charge in [-0.15, -0.1) is 0 Å². The molecule has 0 amide bonds. The molecule has 2 aliphatic rings. The Kier molecular flexibility index (Phi) is 24.7. The van der Waals surface area contributed by atoms with Crippen LogP contribution in [0.25, 0.3) is 0 Å². The molecule has 2 fully saturated rings. The van der Waals surface area contributed by atoms with Crippen LogP contribution in [0.5, 0.6) is 0 Å². The molecule has 4 rings (SSSR count). The minimum absolute atomic E-state index is 0.00938. The van der Waals surface area contributed by atoms with E-state index < -0.39 is 36.4 Å². The summed E-state index contributed by atoms with van der Waals surface area (Å²) in [5, 5.41) is 59.0. The third kappa shape index (κ3) is 18.6. The van der Waals surface area contributed by atoms with Crippen LogP contribution in [0.15, 0.2) is 69.7 Å². The molecule has 2 heterocycles. The van der Waals surface area contributed by atoms with Crippen molar-refractivity contribution < 1.29 is 45.0 Å². The predicted molar refractivity (Wildman–Crippen MR) is 257 cm³/mol. The SMILES string of the molecule is [B]=C[C@@H]1CC(O)[C@H](C/C=C\COCC(=O)O)[C@H]1/C=C/[C@@H](O)CCc1cc(Br)c(C)s1.[B]=C[C@@H]1CC(O)[C@H](C/C=C\CSCC(=O)O)[C@H]1/C=C/[C@@H](O)CCc1cc(Br)c(C)s1. The number of aliphatic hydroxyl groups excluding tert-OH is 4. The molecule has 2 aromatic rings. The zero-order valence-corrected chi connectivity index (χ0v) is 39.9. The molecule has 0 aliphatic heterocycles. The van der Waals surface area contributed by atoms with Gasteiger partial charge in [0.15, 0.2) is 0 Å². The minimum atomic E-state index is -0.999. The van der Waals surface area contributed by atoms with E-state index in [1.54, 1.807) is 40.7 Å². The molecule has 6 N–H and O–H groups in total. The number of thioether (sulfide) groups is 1. The third-order valence-electron chi connectivity index (χ3n) is 10.8. The molecule has 2 saturated carbocycles. The molecule has 10 atom stereocenters. The Morgan fingerprint density at radius 1 is 0.800 bits per heavy atom. The number of hydrogen-bond acceptors (Lipinski definition) is 10. The number of hydrogen-bond donors (Lipinski definition) is 6. The molecule has 0 spiro atoms. The van der Waals surface area contributed by atoms with Gasteiger partial charge in [0.25, 0.3) is 0 Å². The summed E-state index contributed by atoms with van der Waals surface area (Å²) in [4.78, 5) is 26.0. The van der Waals surface area contributed by atoms with E-state index in [4.69, 9.17) is 29.9 Å². The summed E-state index contributed by atoms with van der Waals surface area (Å²) in [7, 11) is 11.6. The predicted octanol–water partition coefficient (Wildman–Crippen LogP) is 7.32. The molecule has 9 nitrogen and oxygen atoms in total. The average Bonchev–Trinajstić information content (AvgIpc) is 3.91. The van der Waals surface area contributed by atoms with Crippen LogP contribution >= 0.6 is 66.3 Å². The second-order valence-corrected chi connectivity index (χ2v) is 20.7. The molecule has 0 saturated heterocycles. The van der Waals surface area contributed by atoms with Crippen LogP contribution in [0.1, 0.15) is 58.0 Å². The fourth-order valence-corrected chi connectivity index (χ4v) is 11.4. The number of ether oxygens (including phenoxy) is 1. The van der Waals surface area contributed by atoms with Gasteiger partial charge < -0.3 is 0 Å². The maximum atomic E-state index is 10.5. The molecule has 0 aromatic carbocycles. The summed E-state index contributed by atoms with van der Waals surface area (Å²) in [5.41, 5.74) is 0. The van der Waals surface area contributed by atoms with Crippen molar-refractivity contribution in [3.8, 4) is 0 Å². The van der Waals surface area contributed by atoms with Crippen LogP contribution in [0.4, 0.5) is 0 Å². The Hall–Kier alpha value is -1.72. The molecular weight excluding hydrogens is 950 g/mol. The van der Waals surface area contributed by atoms with Crippen LogP contribution in [0.3, 0.4) is 0 Å². The normalized spacial score (nSPS) is 25.3. The van der Waals surface area contributed by atoms with Crippen molar-refractivity contribution in [3.63, 3.8) is 0 Å². The van der Waals surface area contributed by atoms with Gasteiger partial charge >= 0.3 is 389 Å². The first-order chi connectivity index (χ1) is 28.6. The molecule has 2 radical (unpaired) electrons. The van der Waals surface area contributed by atoms with Crippen molar-refractivity contribution in [3.05, 3.63) is 89.2 Å². The van der Waals surface area contributed by atoms with Crippen molar-refractivity contribution in [2.24, 2.45) is 35.5 Å². The average molecular weight is 1010 g/mol. The molecule has 0 bridgehead atoms. The van der Waals surface area contributed by atoms with E-state index in [1.807, 2.05) is 42.5 Å². The number of aliphatic hydroxyl groups is 4. The molecule has 2 unspecified atom stereocenters. The van der Waals surface area contributed by atoms with Crippen molar-refractivity contribution in [2.45, 2.75) is 89.6 Å². The summed E-state index contributed by atoms with van der Waals surface area (Å²) >= 11 is 11.9. The number of carboxylic acids is 2. The Balaban J connectivity index is 0.000000320.